The van der Waals surface area contributed by atoms with Crippen LogP contribution < -0.4 is 19.7 Å². The number of amides is 2. The lowest BCUT2D eigenvalue weighted by molar-refractivity contribution is -0.127. The summed E-state index contributed by atoms with van der Waals surface area (Å²) in [6, 6.07) is 19.3. The molecule has 3 aromatic carbocycles. The minimum atomic E-state index is -1.04. The van der Waals surface area contributed by atoms with Crippen LogP contribution in [0.15, 0.2) is 66.7 Å². The molecule has 1 N–H and O–H groups in total. The zero-order valence-electron chi connectivity index (χ0n) is 23.0. The summed E-state index contributed by atoms with van der Waals surface area (Å²) in [5.41, 5.74) is 3.38. The molecule has 2 amide bonds. The lowest BCUT2D eigenvalue weighted by Crippen LogP contribution is -2.46. The van der Waals surface area contributed by atoms with Gasteiger partial charge in [0.15, 0.2) is 11.5 Å². The molecule has 0 spiro atoms. The minimum absolute atomic E-state index is 0.114. The van der Waals surface area contributed by atoms with E-state index in [1.54, 1.807) is 30.0 Å². The molecule has 4 rings (SSSR count). The average Bonchev–Trinajstić information content (AvgIpc) is 3.34. The molecule has 1 atom stereocenters. The van der Waals surface area contributed by atoms with Gasteiger partial charge in [-0.25, -0.2) is 4.68 Å². The standard InChI is InChI=1S/C30H35N5O4/c1-20(2)17-18-31-30(37)28(22-12-10-16-26(38-4)29(22)39-5)35(24-14-8-6-11-21(24)3)27(36)19-34-25-15-9-7-13-23(25)32-33-34/h6-16,20,28H,17-19H2,1-5H3,(H,31,37)/t28-/m1/s1. The molecule has 39 heavy (non-hydrogen) atoms. The number of methoxy groups -OCH3 is 2. The van der Waals surface area contributed by atoms with Crippen LogP contribution in [0, 0.1) is 12.8 Å². The van der Waals surface area contributed by atoms with Crippen molar-refractivity contribution < 1.29 is 19.1 Å². The van der Waals surface area contributed by atoms with Crippen molar-refractivity contribution in [1.82, 2.24) is 20.3 Å². The van der Waals surface area contributed by atoms with E-state index in [1.807, 2.05) is 55.5 Å². The zero-order chi connectivity index (χ0) is 27.9. The monoisotopic (exact) mass is 529 g/mol. The number of ether oxygens (including phenoxy) is 2. The summed E-state index contributed by atoms with van der Waals surface area (Å²) in [6.45, 7) is 6.47. The van der Waals surface area contributed by atoms with Crippen molar-refractivity contribution >= 4 is 28.5 Å². The number of aryl methyl sites for hydroxylation is 1. The maximum absolute atomic E-state index is 14.2. The van der Waals surface area contributed by atoms with E-state index in [0.29, 0.717) is 40.7 Å². The van der Waals surface area contributed by atoms with Crippen LogP contribution in [0.3, 0.4) is 0 Å². The lowest BCUT2D eigenvalue weighted by Gasteiger charge is -2.33. The van der Waals surface area contributed by atoms with E-state index in [-0.39, 0.29) is 18.4 Å². The third-order valence-corrected chi connectivity index (χ3v) is 6.60. The van der Waals surface area contributed by atoms with Crippen LogP contribution in [0.4, 0.5) is 5.69 Å². The quantitative estimate of drug-likeness (QED) is 0.303. The van der Waals surface area contributed by atoms with Gasteiger partial charge in [0.2, 0.25) is 11.8 Å². The predicted molar refractivity (Wildman–Crippen MR) is 151 cm³/mol. The molecule has 0 aliphatic rings. The van der Waals surface area contributed by atoms with Gasteiger partial charge in [0.05, 0.1) is 19.7 Å². The van der Waals surface area contributed by atoms with Gasteiger partial charge < -0.3 is 14.8 Å². The Morgan fingerprint density at radius 1 is 0.974 bits per heavy atom. The summed E-state index contributed by atoms with van der Waals surface area (Å²) in [7, 11) is 3.07. The summed E-state index contributed by atoms with van der Waals surface area (Å²) >= 11 is 0. The number of benzene rings is 3. The van der Waals surface area contributed by atoms with E-state index in [4.69, 9.17) is 9.47 Å². The van der Waals surface area contributed by atoms with E-state index >= 15 is 0 Å². The van der Waals surface area contributed by atoms with Crippen molar-refractivity contribution in [2.75, 3.05) is 25.7 Å². The summed E-state index contributed by atoms with van der Waals surface area (Å²) < 4.78 is 12.8. The van der Waals surface area contributed by atoms with Gasteiger partial charge >= 0.3 is 0 Å². The fraction of sp³-hybridized carbons (Fsp3) is 0.333. The number of nitrogens with zero attached hydrogens (tertiary/aromatic N) is 4. The van der Waals surface area contributed by atoms with Gasteiger partial charge in [-0.2, -0.15) is 0 Å². The normalized spacial score (nSPS) is 11.8. The highest BCUT2D eigenvalue weighted by Crippen LogP contribution is 2.39. The molecule has 4 aromatic rings. The van der Waals surface area contributed by atoms with Crippen LogP contribution in [-0.4, -0.2) is 47.6 Å². The Hall–Kier alpha value is -4.40. The Labute approximate surface area is 228 Å². The summed E-state index contributed by atoms with van der Waals surface area (Å²) in [6.07, 6.45) is 0.803. The van der Waals surface area contributed by atoms with Gasteiger partial charge in [-0.05, 0) is 49.1 Å². The number of para-hydroxylation sites is 3. The number of hydrogen-bond acceptors (Lipinski definition) is 6. The summed E-state index contributed by atoms with van der Waals surface area (Å²) in [5.74, 6) is 0.622. The van der Waals surface area contributed by atoms with Crippen molar-refractivity contribution in [1.29, 1.82) is 0 Å². The number of carbonyl (C=O) groups excluding carboxylic acids is 2. The summed E-state index contributed by atoms with van der Waals surface area (Å²) in [4.78, 5) is 29.8. The second kappa shape index (κ2) is 12.4. The van der Waals surface area contributed by atoms with Crippen LogP contribution in [0.2, 0.25) is 0 Å². The van der Waals surface area contributed by atoms with Gasteiger partial charge in [-0.1, -0.05) is 61.5 Å². The van der Waals surface area contributed by atoms with Crippen LogP contribution in [0.5, 0.6) is 11.5 Å². The fourth-order valence-corrected chi connectivity index (χ4v) is 4.60. The molecule has 1 aromatic heterocycles. The zero-order valence-corrected chi connectivity index (χ0v) is 23.0. The highest BCUT2D eigenvalue weighted by Gasteiger charge is 2.36. The maximum Gasteiger partial charge on any atom is 0.249 e. The van der Waals surface area contributed by atoms with Crippen LogP contribution >= 0.6 is 0 Å². The largest absolute Gasteiger partial charge is 0.493 e. The SMILES string of the molecule is COc1cccc([C@H](C(=O)NCCC(C)C)N(C(=O)Cn2nnc3ccccc32)c2ccccc2C)c1OC. The van der Waals surface area contributed by atoms with E-state index in [0.717, 1.165) is 17.5 Å². The fourth-order valence-electron chi connectivity index (χ4n) is 4.60. The first-order valence-electron chi connectivity index (χ1n) is 13.0. The topological polar surface area (TPSA) is 98.6 Å². The molecule has 0 saturated carbocycles. The van der Waals surface area contributed by atoms with E-state index in [9.17, 15) is 9.59 Å². The molecule has 0 radical (unpaired) electrons. The average molecular weight is 530 g/mol. The molecule has 0 fully saturated rings. The molecule has 0 saturated heterocycles. The number of aromatic nitrogens is 3. The molecule has 9 nitrogen and oxygen atoms in total. The van der Waals surface area contributed by atoms with Gasteiger partial charge in [-0.3, -0.25) is 14.5 Å². The third-order valence-electron chi connectivity index (χ3n) is 6.60. The third kappa shape index (κ3) is 6.03. The molecule has 0 aliphatic carbocycles. The van der Waals surface area contributed by atoms with Crippen molar-refractivity contribution in [3.63, 3.8) is 0 Å². The number of fused-ring (bicyclic) bond motifs is 1. The number of anilines is 1. The lowest BCUT2D eigenvalue weighted by atomic mass is 9.99. The molecule has 0 bridgehead atoms. The summed E-state index contributed by atoms with van der Waals surface area (Å²) in [5, 5.41) is 11.5. The predicted octanol–water partition coefficient (Wildman–Crippen LogP) is 4.69. The second-order valence-electron chi connectivity index (χ2n) is 9.74. The number of nitrogens with one attached hydrogen (secondary N) is 1. The van der Waals surface area contributed by atoms with E-state index in [1.165, 1.54) is 12.0 Å². The van der Waals surface area contributed by atoms with E-state index < -0.39 is 6.04 Å². The first kappa shape index (κ1) is 27.6. The van der Waals surface area contributed by atoms with Crippen molar-refractivity contribution in [2.24, 2.45) is 5.92 Å². The van der Waals surface area contributed by atoms with E-state index in [2.05, 4.69) is 29.5 Å². The molecular weight excluding hydrogens is 494 g/mol. The smallest absolute Gasteiger partial charge is 0.249 e. The molecule has 9 heteroatoms. The molecule has 204 valence electrons. The molecule has 1 heterocycles. The minimum Gasteiger partial charge on any atom is -0.493 e. The van der Waals surface area contributed by atoms with Crippen molar-refractivity contribution in [3.8, 4) is 11.5 Å². The second-order valence-corrected chi connectivity index (χ2v) is 9.74. The Morgan fingerprint density at radius 3 is 2.44 bits per heavy atom. The van der Waals surface area contributed by atoms with Gasteiger partial charge in [0.25, 0.3) is 0 Å². The van der Waals surface area contributed by atoms with Crippen LogP contribution in [-0.2, 0) is 16.1 Å². The van der Waals surface area contributed by atoms with Gasteiger partial charge in [0.1, 0.15) is 18.1 Å². The van der Waals surface area contributed by atoms with Crippen molar-refractivity contribution in [3.05, 3.63) is 77.9 Å². The first-order valence-corrected chi connectivity index (χ1v) is 13.0. The Kier molecular flexibility index (Phi) is 8.81. The van der Waals surface area contributed by atoms with Gasteiger partial charge in [-0.15, -0.1) is 5.10 Å². The van der Waals surface area contributed by atoms with Crippen molar-refractivity contribution in [2.45, 2.75) is 39.8 Å². The van der Waals surface area contributed by atoms with Crippen LogP contribution in [0.1, 0.15) is 37.4 Å². The Morgan fingerprint density at radius 2 is 1.72 bits per heavy atom. The molecule has 0 aliphatic heterocycles. The first-order chi connectivity index (χ1) is 18.8. The highest BCUT2D eigenvalue weighted by atomic mass is 16.5. The van der Waals surface area contributed by atoms with Crippen LogP contribution in [0.25, 0.3) is 11.0 Å². The number of hydrogen-bond donors (Lipinski definition) is 1. The number of rotatable bonds is 11. The van der Waals surface area contributed by atoms with Gasteiger partial charge in [0, 0.05) is 17.8 Å². The number of carbonyl (C=O) groups is 2. The molecular formula is C30H35N5O4. The molecule has 0 unspecified atom stereocenters. The Bertz CT molecular complexity index is 1450. The Balaban J connectivity index is 1.86. The maximum atomic E-state index is 14.2. The highest BCUT2D eigenvalue weighted by molar-refractivity contribution is 6.02.